The van der Waals surface area contributed by atoms with E-state index < -0.39 is 5.97 Å². The zero-order valence-corrected chi connectivity index (χ0v) is 13.0. The van der Waals surface area contributed by atoms with Crippen LogP contribution in [-0.4, -0.2) is 23.7 Å². The van der Waals surface area contributed by atoms with Crippen molar-refractivity contribution in [2.24, 2.45) is 0 Å². The van der Waals surface area contributed by atoms with E-state index >= 15 is 0 Å². The fraction of sp³-hybridized carbons (Fsp3) is 0.611. The van der Waals surface area contributed by atoms with Crippen LogP contribution in [0.1, 0.15) is 57.8 Å². The van der Waals surface area contributed by atoms with Gasteiger partial charge in [-0.1, -0.05) is 49.3 Å². The molecule has 118 valence electrons. The van der Waals surface area contributed by atoms with Gasteiger partial charge in [-0.3, -0.25) is 4.79 Å². The van der Waals surface area contributed by atoms with Crippen molar-refractivity contribution in [3.05, 3.63) is 36.5 Å². The SMILES string of the molecule is O=C(O)CC1C/C=C\C/C=C/C/C=C\CCCCCCN1. The average molecular weight is 291 g/mol. The molecule has 0 aliphatic carbocycles. The molecule has 3 heteroatoms. The molecule has 0 aromatic rings. The molecule has 1 heterocycles. The van der Waals surface area contributed by atoms with Gasteiger partial charge in [0, 0.05) is 6.04 Å². The summed E-state index contributed by atoms with van der Waals surface area (Å²) in [5.41, 5.74) is 0. The zero-order valence-electron chi connectivity index (χ0n) is 13.0. The van der Waals surface area contributed by atoms with Gasteiger partial charge in [-0.2, -0.15) is 0 Å². The maximum absolute atomic E-state index is 10.9. The molecule has 1 unspecified atom stereocenters. The molecule has 3 nitrogen and oxygen atoms in total. The molecule has 0 saturated heterocycles. The summed E-state index contributed by atoms with van der Waals surface area (Å²) in [5, 5.41) is 12.3. The lowest BCUT2D eigenvalue weighted by Gasteiger charge is -2.15. The Labute approximate surface area is 128 Å². The summed E-state index contributed by atoms with van der Waals surface area (Å²) in [6, 6.07) is 0.0556. The molecule has 0 bridgehead atoms. The number of rotatable bonds is 2. The Hall–Kier alpha value is -1.35. The third-order valence-electron chi connectivity index (χ3n) is 3.62. The Balaban J connectivity index is 2.44. The number of aliphatic carboxylic acids is 1. The van der Waals surface area contributed by atoms with Crippen LogP contribution in [0, 0.1) is 0 Å². The van der Waals surface area contributed by atoms with Gasteiger partial charge >= 0.3 is 5.97 Å². The van der Waals surface area contributed by atoms with E-state index in [2.05, 4.69) is 41.8 Å². The van der Waals surface area contributed by atoms with Gasteiger partial charge < -0.3 is 10.4 Å². The molecule has 1 rings (SSSR count). The molecule has 0 saturated carbocycles. The first kappa shape index (κ1) is 17.7. The van der Waals surface area contributed by atoms with Gasteiger partial charge in [-0.25, -0.2) is 0 Å². The molecule has 0 fully saturated rings. The van der Waals surface area contributed by atoms with Crippen molar-refractivity contribution >= 4 is 5.97 Å². The van der Waals surface area contributed by atoms with Gasteiger partial charge in [0.1, 0.15) is 0 Å². The van der Waals surface area contributed by atoms with Gasteiger partial charge in [0.2, 0.25) is 0 Å². The van der Waals surface area contributed by atoms with Gasteiger partial charge in [-0.15, -0.1) is 0 Å². The Kier molecular flexibility index (Phi) is 10.4. The van der Waals surface area contributed by atoms with Crippen LogP contribution in [0.2, 0.25) is 0 Å². The number of carboxylic acid groups (broad SMARTS) is 1. The molecular weight excluding hydrogens is 262 g/mol. The number of carboxylic acids is 1. The highest BCUT2D eigenvalue weighted by molar-refractivity contribution is 5.67. The van der Waals surface area contributed by atoms with Crippen molar-refractivity contribution in [3.63, 3.8) is 0 Å². The third kappa shape index (κ3) is 11.0. The molecule has 0 amide bonds. The highest BCUT2D eigenvalue weighted by Gasteiger charge is 2.10. The first-order valence-electron chi connectivity index (χ1n) is 8.19. The molecule has 2 N–H and O–H groups in total. The summed E-state index contributed by atoms with van der Waals surface area (Å²) in [6.07, 6.45) is 22.0. The van der Waals surface area contributed by atoms with E-state index in [0.29, 0.717) is 0 Å². The van der Waals surface area contributed by atoms with Crippen molar-refractivity contribution in [2.75, 3.05) is 6.54 Å². The molecule has 0 radical (unpaired) electrons. The third-order valence-corrected chi connectivity index (χ3v) is 3.62. The number of hydrogen-bond donors (Lipinski definition) is 2. The van der Waals surface area contributed by atoms with Crippen molar-refractivity contribution in [2.45, 2.75) is 63.8 Å². The van der Waals surface area contributed by atoms with E-state index in [1.807, 2.05) is 0 Å². The van der Waals surface area contributed by atoms with Crippen LogP contribution < -0.4 is 5.32 Å². The van der Waals surface area contributed by atoms with Crippen LogP contribution in [0.4, 0.5) is 0 Å². The maximum Gasteiger partial charge on any atom is 0.304 e. The van der Waals surface area contributed by atoms with Crippen molar-refractivity contribution in [3.8, 4) is 0 Å². The Morgan fingerprint density at radius 2 is 1.62 bits per heavy atom. The molecule has 0 aromatic heterocycles. The van der Waals surface area contributed by atoms with Gasteiger partial charge in [-0.05, 0) is 45.1 Å². The van der Waals surface area contributed by atoms with Crippen LogP contribution in [0.15, 0.2) is 36.5 Å². The number of carbonyl (C=O) groups is 1. The molecule has 21 heavy (non-hydrogen) atoms. The number of nitrogens with one attached hydrogen (secondary N) is 1. The predicted octanol–water partition coefficient (Wildman–Crippen LogP) is 4.22. The predicted molar refractivity (Wildman–Crippen MR) is 88.4 cm³/mol. The van der Waals surface area contributed by atoms with Crippen LogP contribution in [-0.2, 0) is 4.79 Å². The highest BCUT2D eigenvalue weighted by atomic mass is 16.4. The minimum Gasteiger partial charge on any atom is -0.481 e. The van der Waals surface area contributed by atoms with Crippen molar-refractivity contribution < 1.29 is 9.90 Å². The highest BCUT2D eigenvalue weighted by Crippen LogP contribution is 2.06. The molecule has 1 atom stereocenters. The summed E-state index contributed by atoms with van der Waals surface area (Å²) in [6.45, 7) is 0.918. The van der Waals surface area contributed by atoms with Crippen LogP contribution in [0.5, 0.6) is 0 Å². The lowest BCUT2D eigenvalue weighted by molar-refractivity contribution is -0.137. The first-order valence-corrected chi connectivity index (χ1v) is 8.19. The Morgan fingerprint density at radius 1 is 0.952 bits per heavy atom. The second kappa shape index (κ2) is 12.4. The Bertz CT molecular complexity index is 358. The van der Waals surface area contributed by atoms with Crippen LogP contribution >= 0.6 is 0 Å². The van der Waals surface area contributed by atoms with E-state index in [9.17, 15) is 4.79 Å². The van der Waals surface area contributed by atoms with Crippen LogP contribution in [0.25, 0.3) is 0 Å². The van der Waals surface area contributed by atoms with E-state index in [0.717, 1.165) is 32.2 Å². The van der Waals surface area contributed by atoms with Crippen molar-refractivity contribution in [1.29, 1.82) is 0 Å². The van der Waals surface area contributed by atoms with Gasteiger partial charge in [0.05, 0.1) is 6.42 Å². The lowest BCUT2D eigenvalue weighted by atomic mass is 10.1. The van der Waals surface area contributed by atoms with E-state index in [4.69, 9.17) is 5.11 Å². The normalized spacial score (nSPS) is 27.3. The smallest absolute Gasteiger partial charge is 0.304 e. The molecule has 0 aromatic carbocycles. The average Bonchev–Trinajstić information content (AvgIpc) is 2.45. The minimum absolute atomic E-state index is 0.0556. The largest absolute Gasteiger partial charge is 0.481 e. The number of allylic oxidation sites excluding steroid dienone is 5. The Morgan fingerprint density at radius 3 is 2.38 bits per heavy atom. The van der Waals surface area contributed by atoms with E-state index in [1.54, 1.807) is 0 Å². The van der Waals surface area contributed by atoms with Gasteiger partial charge in [0.15, 0.2) is 0 Å². The molecule has 1 aliphatic heterocycles. The summed E-state index contributed by atoms with van der Waals surface area (Å²) in [5.74, 6) is -0.724. The fourth-order valence-corrected chi connectivity index (χ4v) is 2.42. The standard InChI is InChI=1S/C18H29NO2/c20-18(21)16-17-14-12-10-8-6-4-2-1-3-5-7-9-11-13-15-19-17/h1,3-4,6,10,12,17,19H,2,5,7-9,11,13-16H2,(H,20,21)/b3-1-,6-4+,12-10-. The van der Waals surface area contributed by atoms with Crippen molar-refractivity contribution in [1.82, 2.24) is 5.32 Å². The molecule has 0 spiro atoms. The monoisotopic (exact) mass is 291 g/mol. The summed E-state index contributed by atoms with van der Waals surface area (Å²) in [7, 11) is 0. The topological polar surface area (TPSA) is 49.3 Å². The summed E-state index contributed by atoms with van der Waals surface area (Å²) < 4.78 is 0. The first-order chi connectivity index (χ1) is 10.3. The van der Waals surface area contributed by atoms with E-state index in [1.165, 1.54) is 25.7 Å². The molecule has 1 aliphatic rings. The second-order valence-electron chi connectivity index (χ2n) is 5.57. The summed E-state index contributed by atoms with van der Waals surface area (Å²) >= 11 is 0. The van der Waals surface area contributed by atoms with Crippen LogP contribution in [0.3, 0.4) is 0 Å². The maximum atomic E-state index is 10.9. The quantitative estimate of drug-likeness (QED) is 0.749. The van der Waals surface area contributed by atoms with E-state index in [-0.39, 0.29) is 12.5 Å². The van der Waals surface area contributed by atoms with Gasteiger partial charge in [0.25, 0.3) is 0 Å². The lowest BCUT2D eigenvalue weighted by Crippen LogP contribution is -2.31. The molecular formula is C18H29NO2. The summed E-state index contributed by atoms with van der Waals surface area (Å²) in [4.78, 5) is 10.9. The minimum atomic E-state index is -0.724. The fourth-order valence-electron chi connectivity index (χ4n) is 2.42. The zero-order chi connectivity index (χ0) is 15.2. The number of hydrogen-bond acceptors (Lipinski definition) is 2. The second-order valence-corrected chi connectivity index (χ2v) is 5.57.